The number of anilines is 1. The lowest BCUT2D eigenvalue weighted by Crippen LogP contribution is -2.25. The number of nitrogens with zero attached hydrogens (tertiary/aromatic N) is 2. The quantitative estimate of drug-likeness (QED) is 0.444. The molecule has 0 saturated carbocycles. The van der Waals surface area contributed by atoms with E-state index in [2.05, 4.69) is 24.1 Å². The topological polar surface area (TPSA) is 73.2 Å². The van der Waals surface area contributed by atoms with Crippen molar-refractivity contribution in [3.8, 4) is 0 Å². The van der Waals surface area contributed by atoms with Gasteiger partial charge in [-0.2, -0.15) is 0 Å². The second kappa shape index (κ2) is 9.36. The standard InChI is InChI=1S/C20H23N3O3S2/c1-13(2)14-4-6-15(7-5-14)21-17(24)12-28-20-22-16-8-11-27-18(16)19(25)23(20)9-10-26-3/h4-8,11,13H,9-10,12H2,1-3H3,(H,21,24). The Morgan fingerprint density at radius 1 is 1.29 bits per heavy atom. The largest absolute Gasteiger partial charge is 0.383 e. The van der Waals surface area contributed by atoms with Gasteiger partial charge in [0.15, 0.2) is 5.16 Å². The molecule has 0 bridgehead atoms. The summed E-state index contributed by atoms with van der Waals surface area (Å²) in [6.45, 7) is 5.06. The van der Waals surface area contributed by atoms with Crippen molar-refractivity contribution in [2.24, 2.45) is 0 Å². The summed E-state index contributed by atoms with van der Waals surface area (Å²) in [4.78, 5) is 29.6. The highest BCUT2D eigenvalue weighted by molar-refractivity contribution is 7.99. The molecule has 0 aliphatic carbocycles. The van der Waals surface area contributed by atoms with Crippen LogP contribution in [-0.2, 0) is 16.1 Å². The molecule has 0 aliphatic rings. The molecule has 0 fully saturated rings. The average Bonchev–Trinajstić information content (AvgIpc) is 3.15. The molecule has 8 heteroatoms. The molecule has 28 heavy (non-hydrogen) atoms. The molecule has 0 unspecified atom stereocenters. The van der Waals surface area contributed by atoms with E-state index in [4.69, 9.17) is 4.74 Å². The fraction of sp³-hybridized carbons (Fsp3) is 0.350. The molecule has 0 aliphatic heterocycles. The number of amides is 1. The van der Waals surface area contributed by atoms with E-state index in [1.54, 1.807) is 11.7 Å². The van der Waals surface area contributed by atoms with E-state index >= 15 is 0 Å². The first-order valence-corrected chi connectivity index (χ1v) is 10.9. The van der Waals surface area contributed by atoms with Crippen LogP contribution in [0, 0.1) is 0 Å². The van der Waals surface area contributed by atoms with Gasteiger partial charge in [0.1, 0.15) is 4.70 Å². The fourth-order valence-corrected chi connectivity index (χ4v) is 4.30. The van der Waals surface area contributed by atoms with Gasteiger partial charge in [0.2, 0.25) is 5.91 Å². The molecule has 0 spiro atoms. The molecular weight excluding hydrogens is 394 g/mol. The molecule has 0 saturated heterocycles. The van der Waals surface area contributed by atoms with Gasteiger partial charge in [0.05, 0.1) is 24.4 Å². The van der Waals surface area contributed by atoms with Gasteiger partial charge in [-0.3, -0.25) is 14.2 Å². The van der Waals surface area contributed by atoms with Gasteiger partial charge in [-0.1, -0.05) is 37.7 Å². The predicted molar refractivity (Wildman–Crippen MR) is 116 cm³/mol. The maximum atomic E-state index is 12.7. The minimum Gasteiger partial charge on any atom is -0.383 e. The van der Waals surface area contributed by atoms with E-state index in [1.807, 2.05) is 35.7 Å². The number of carbonyl (C=O) groups is 1. The number of thioether (sulfide) groups is 1. The van der Waals surface area contributed by atoms with Gasteiger partial charge in [-0.05, 0) is 35.1 Å². The molecule has 6 nitrogen and oxygen atoms in total. The Hall–Kier alpha value is -2.16. The SMILES string of the molecule is COCCn1c(SCC(=O)Nc2ccc(C(C)C)cc2)nc2ccsc2c1=O. The van der Waals surface area contributed by atoms with Crippen LogP contribution in [-0.4, -0.2) is 34.9 Å². The molecular formula is C20H23N3O3S2. The zero-order valence-corrected chi connectivity index (χ0v) is 17.7. The molecule has 3 rings (SSSR count). The van der Waals surface area contributed by atoms with Crippen LogP contribution >= 0.6 is 23.1 Å². The normalized spacial score (nSPS) is 11.3. The van der Waals surface area contributed by atoms with Gasteiger partial charge >= 0.3 is 0 Å². The number of hydrogen-bond acceptors (Lipinski definition) is 6. The van der Waals surface area contributed by atoms with Gasteiger partial charge in [-0.15, -0.1) is 11.3 Å². The van der Waals surface area contributed by atoms with Crippen molar-refractivity contribution in [1.82, 2.24) is 9.55 Å². The van der Waals surface area contributed by atoms with Crippen LogP contribution in [0.25, 0.3) is 10.2 Å². The number of rotatable bonds is 8. The molecule has 2 aromatic heterocycles. The van der Waals surface area contributed by atoms with E-state index in [-0.39, 0.29) is 17.2 Å². The van der Waals surface area contributed by atoms with E-state index in [0.717, 1.165) is 5.69 Å². The summed E-state index contributed by atoms with van der Waals surface area (Å²) in [5.41, 5.74) is 2.55. The van der Waals surface area contributed by atoms with Crippen molar-refractivity contribution < 1.29 is 9.53 Å². The summed E-state index contributed by atoms with van der Waals surface area (Å²) in [5.74, 6) is 0.476. The van der Waals surface area contributed by atoms with Gasteiger partial charge in [0.25, 0.3) is 5.56 Å². The van der Waals surface area contributed by atoms with Crippen molar-refractivity contribution >= 4 is 44.9 Å². The molecule has 1 amide bonds. The number of carbonyl (C=O) groups excluding carboxylic acids is 1. The summed E-state index contributed by atoms with van der Waals surface area (Å²) >= 11 is 2.63. The summed E-state index contributed by atoms with van der Waals surface area (Å²) in [6, 6.07) is 9.66. The third-order valence-corrected chi connectivity index (χ3v) is 6.11. The second-order valence-corrected chi connectivity index (χ2v) is 8.45. The van der Waals surface area contributed by atoms with Crippen molar-refractivity contribution in [2.45, 2.75) is 31.5 Å². The summed E-state index contributed by atoms with van der Waals surface area (Å²) in [6.07, 6.45) is 0. The first-order chi connectivity index (χ1) is 13.5. The first kappa shape index (κ1) is 20.6. The fourth-order valence-electron chi connectivity index (χ4n) is 2.69. The molecule has 0 radical (unpaired) electrons. The lowest BCUT2D eigenvalue weighted by Gasteiger charge is -2.12. The Balaban J connectivity index is 1.71. The average molecular weight is 418 g/mol. The Morgan fingerprint density at radius 3 is 2.71 bits per heavy atom. The molecule has 2 heterocycles. The van der Waals surface area contributed by atoms with Crippen molar-refractivity contribution in [2.75, 3.05) is 24.8 Å². The summed E-state index contributed by atoms with van der Waals surface area (Å²) in [5, 5.41) is 5.27. The summed E-state index contributed by atoms with van der Waals surface area (Å²) < 4.78 is 7.31. The Kier molecular flexibility index (Phi) is 6.88. The number of thiophene rings is 1. The minimum atomic E-state index is -0.139. The van der Waals surface area contributed by atoms with Crippen LogP contribution in [0.3, 0.4) is 0 Å². The molecule has 148 valence electrons. The highest BCUT2D eigenvalue weighted by Gasteiger charge is 2.14. The third-order valence-electron chi connectivity index (χ3n) is 4.24. The Bertz CT molecular complexity index is 1010. The zero-order valence-electron chi connectivity index (χ0n) is 16.1. The van der Waals surface area contributed by atoms with Crippen LogP contribution in [0.4, 0.5) is 5.69 Å². The predicted octanol–water partition coefficient (Wildman–Crippen LogP) is 3.96. The number of methoxy groups -OCH3 is 1. The van der Waals surface area contributed by atoms with Crippen LogP contribution in [0.1, 0.15) is 25.3 Å². The zero-order chi connectivity index (χ0) is 20.1. The molecule has 3 aromatic rings. The first-order valence-electron chi connectivity index (χ1n) is 8.99. The van der Waals surface area contributed by atoms with E-state index in [9.17, 15) is 9.59 Å². The van der Waals surface area contributed by atoms with E-state index in [0.29, 0.717) is 34.4 Å². The van der Waals surface area contributed by atoms with Crippen LogP contribution in [0.5, 0.6) is 0 Å². The maximum absolute atomic E-state index is 12.7. The van der Waals surface area contributed by atoms with Gasteiger partial charge in [-0.25, -0.2) is 4.98 Å². The number of hydrogen-bond donors (Lipinski definition) is 1. The van der Waals surface area contributed by atoms with Crippen molar-refractivity contribution in [3.63, 3.8) is 0 Å². The van der Waals surface area contributed by atoms with Gasteiger partial charge in [0, 0.05) is 12.8 Å². The number of ether oxygens (including phenoxy) is 1. The highest BCUT2D eigenvalue weighted by Crippen LogP contribution is 2.22. The Morgan fingerprint density at radius 2 is 2.04 bits per heavy atom. The van der Waals surface area contributed by atoms with Crippen molar-refractivity contribution in [1.29, 1.82) is 0 Å². The second-order valence-electron chi connectivity index (χ2n) is 6.59. The number of fused-ring (bicyclic) bond motifs is 1. The monoisotopic (exact) mass is 417 g/mol. The lowest BCUT2D eigenvalue weighted by atomic mass is 10.0. The van der Waals surface area contributed by atoms with E-state index in [1.165, 1.54) is 28.7 Å². The smallest absolute Gasteiger partial charge is 0.272 e. The summed E-state index contributed by atoms with van der Waals surface area (Å²) in [7, 11) is 1.59. The highest BCUT2D eigenvalue weighted by atomic mass is 32.2. The molecule has 1 N–H and O–H groups in total. The Labute approximate surface area is 171 Å². The number of aromatic nitrogens is 2. The molecule has 1 aromatic carbocycles. The minimum absolute atomic E-state index is 0.0933. The third kappa shape index (κ3) is 4.81. The van der Waals surface area contributed by atoms with Crippen LogP contribution in [0.2, 0.25) is 0 Å². The lowest BCUT2D eigenvalue weighted by molar-refractivity contribution is -0.113. The maximum Gasteiger partial charge on any atom is 0.272 e. The van der Waals surface area contributed by atoms with Crippen LogP contribution < -0.4 is 10.9 Å². The number of nitrogens with one attached hydrogen (secondary N) is 1. The number of benzene rings is 1. The van der Waals surface area contributed by atoms with Crippen molar-refractivity contribution in [3.05, 3.63) is 51.6 Å². The molecule has 0 atom stereocenters. The van der Waals surface area contributed by atoms with Crippen LogP contribution in [0.15, 0.2) is 45.7 Å². The van der Waals surface area contributed by atoms with Gasteiger partial charge < -0.3 is 10.1 Å². The van der Waals surface area contributed by atoms with E-state index < -0.39 is 0 Å².